The maximum atomic E-state index is 11.8. The number of imide groups is 1. The third kappa shape index (κ3) is 2.42. The van der Waals surface area contributed by atoms with E-state index < -0.39 is 0 Å². The molecule has 2 heterocycles. The summed E-state index contributed by atoms with van der Waals surface area (Å²) in [7, 11) is 0. The predicted octanol–water partition coefficient (Wildman–Crippen LogP) is 2.03. The fourth-order valence-corrected chi connectivity index (χ4v) is 2.37. The van der Waals surface area contributed by atoms with Crippen molar-refractivity contribution in [1.29, 1.82) is 0 Å². The molecule has 96 valence electrons. The molecule has 4 nitrogen and oxygen atoms in total. The molecule has 1 unspecified atom stereocenters. The van der Waals surface area contributed by atoms with Gasteiger partial charge in [0, 0.05) is 12.1 Å². The summed E-state index contributed by atoms with van der Waals surface area (Å²) in [5.74, 6) is -0.279. The van der Waals surface area contributed by atoms with E-state index >= 15 is 0 Å². The smallest absolute Gasteiger partial charge is 0.235 e. The highest BCUT2D eigenvalue weighted by atomic mass is 16.2. The van der Waals surface area contributed by atoms with Gasteiger partial charge in [-0.3, -0.25) is 19.9 Å². The topological polar surface area (TPSA) is 59.1 Å². The zero-order valence-electron chi connectivity index (χ0n) is 11.0. The molecule has 1 aromatic heterocycles. The lowest BCUT2D eigenvalue weighted by Gasteiger charge is -2.21. The molecule has 4 heteroatoms. The van der Waals surface area contributed by atoms with Gasteiger partial charge in [0.2, 0.25) is 11.8 Å². The largest absolute Gasteiger partial charge is 0.296 e. The van der Waals surface area contributed by atoms with Crippen molar-refractivity contribution in [2.45, 2.75) is 45.4 Å². The van der Waals surface area contributed by atoms with Crippen LogP contribution in [0, 0.1) is 6.92 Å². The molecule has 1 atom stereocenters. The first-order chi connectivity index (χ1) is 8.49. The van der Waals surface area contributed by atoms with Crippen molar-refractivity contribution in [3.8, 4) is 0 Å². The Bertz CT molecular complexity index is 495. The van der Waals surface area contributed by atoms with Crippen molar-refractivity contribution in [3.63, 3.8) is 0 Å². The second-order valence-corrected chi connectivity index (χ2v) is 5.07. The zero-order chi connectivity index (χ0) is 13.3. The summed E-state index contributed by atoms with van der Waals surface area (Å²) in [6.07, 6.45) is 0.946. The van der Waals surface area contributed by atoms with Crippen LogP contribution in [0.25, 0.3) is 0 Å². The number of rotatable bonds is 2. The molecule has 0 bridgehead atoms. The summed E-state index contributed by atoms with van der Waals surface area (Å²) in [5.41, 5.74) is 2.93. The second-order valence-electron chi connectivity index (χ2n) is 5.07. The van der Waals surface area contributed by atoms with Crippen LogP contribution in [0.4, 0.5) is 0 Å². The maximum Gasteiger partial charge on any atom is 0.235 e. The number of nitrogens with zero attached hydrogens (tertiary/aromatic N) is 1. The van der Waals surface area contributed by atoms with Gasteiger partial charge in [-0.15, -0.1) is 0 Å². The lowest BCUT2D eigenvalue weighted by atomic mass is 9.92. The monoisotopic (exact) mass is 246 g/mol. The quantitative estimate of drug-likeness (QED) is 0.812. The number of aromatic nitrogens is 1. The molecule has 1 N–H and O–H groups in total. The van der Waals surface area contributed by atoms with E-state index in [2.05, 4.69) is 24.1 Å². The van der Waals surface area contributed by atoms with E-state index in [0.29, 0.717) is 18.8 Å². The van der Waals surface area contributed by atoms with Crippen molar-refractivity contribution in [2.75, 3.05) is 0 Å². The lowest BCUT2D eigenvalue weighted by molar-refractivity contribution is -0.134. The van der Waals surface area contributed by atoms with E-state index in [1.807, 2.05) is 19.1 Å². The van der Waals surface area contributed by atoms with Crippen LogP contribution in [0.15, 0.2) is 12.1 Å². The summed E-state index contributed by atoms with van der Waals surface area (Å²) in [5, 5.41) is 2.37. The first-order valence-electron chi connectivity index (χ1n) is 6.30. The van der Waals surface area contributed by atoms with Gasteiger partial charge in [-0.2, -0.15) is 0 Å². The van der Waals surface area contributed by atoms with Gasteiger partial charge in [0.15, 0.2) is 0 Å². The molecular weight excluding hydrogens is 228 g/mol. The fourth-order valence-electron chi connectivity index (χ4n) is 2.37. The maximum absolute atomic E-state index is 11.8. The number of aryl methyl sites for hydroxylation is 1. The third-order valence-electron chi connectivity index (χ3n) is 3.37. The molecule has 18 heavy (non-hydrogen) atoms. The predicted molar refractivity (Wildman–Crippen MR) is 68.2 cm³/mol. The van der Waals surface area contributed by atoms with Gasteiger partial charge < -0.3 is 0 Å². The average Bonchev–Trinajstić information content (AvgIpc) is 2.28. The molecule has 0 saturated carbocycles. The third-order valence-corrected chi connectivity index (χ3v) is 3.37. The van der Waals surface area contributed by atoms with Crippen molar-refractivity contribution in [1.82, 2.24) is 10.3 Å². The van der Waals surface area contributed by atoms with Gasteiger partial charge in [0.05, 0.1) is 11.6 Å². The minimum atomic E-state index is -0.289. The minimum absolute atomic E-state index is 0.188. The number of hydrogen-bond acceptors (Lipinski definition) is 3. The lowest BCUT2D eigenvalue weighted by Crippen LogP contribution is -2.39. The molecule has 2 amide bonds. The Kier molecular flexibility index (Phi) is 3.45. The van der Waals surface area contributed by atoms with Crippen LogP contribution in [0.1, 0.15) is 55.5 Å². The van der Waals surface area contributed by atoms with Gasteiger partial charge in [-0.1, -0.05) is 19.9 Å². The fraction of sp³-hybridized carbons (Fsp3) is 0.500. The Labute approximate surface area is 107 Å². The molecular formula is C14H18N2O2. The van der Waals surface area contributed by atoms with E-state index in [0.717, 1.165) is 11.4 Å². The molecule has 0 radical (unpaired) electrons. The van der Waals surface area contributed by atoms with Crippen LogP contribution in [0.5, 0.6) is 0 Å². The Balaban J connectivity index is 2.27. The number of hydrogen-bond donors (Lipinski definition) is 1. The molecule has 1 saturated heterocycles. The zero-order valence-corrected chi connectivity index (χ0v) is 11.0. The Morgan fingerprint density at radius 1 is 1.33 bits per heavy atom. The van der Waals surface area contributed by atoms with Gasteiger partial charge in [-0.25, -0.2) is 0 Å². The van der Waals surface area contributed by atoms with E-state index in [9.17, 15) is 9.59 Å². The summed E-state index contributed by atoms with van der Waals surface area (Å²) < 4.78 is 0. The van der Waals surface area contributed by atoms with Crippen molar-refractivity contribution < 1.29 is 9.59 Å². The van der Waals surface area contributed by atoms with Crippen LogP contribution >= 0.6 is 0 Å². The van der Waals surface area contributed by atoms with E-state index in [1.165, 1.54) is 5.56 Å². The number of pyridine rings is 1. The molecule has 2 rings (SSSR count). The molecule has 0 aliphatic carbocycles. The summed E-state index contributed by atoms with van der Waals surface area (Å²) in [4.78, 5) is 27.4. The SMILES string of the molecule is Cc1nc(C2CCC(=O)NC2=O)ccc1C(C)C. The number of carbonyl (C=O) groups is 2. The van der Waals surface area contributed by atoms with Crippen molar-refractivity contribution in [2.24, 2.45) is 0 Å². The number of nitrogens with one attached hydrogen (secondary N) is 1. The molecule has 0 aromatic carbocycles. The number of carbonyl (C=O) groups excluding carboxylic acids is 2. The average molecular weight is 246 g/mol. The minimum Gasteiger partial charge on any atom is -0.296 e. The van der Waals surface area contributed by atoms with Gasteiger partial charge >= 0.3 is 0 Å². The summed E-state index contributed by atoms with van der Waals surface area (Å²) in [6.45, 7) is 6.20. The normalized spacial score (nSPS) is 20.1. The van der Waals surface area contributed by atoms with Crippen molar-refractivity contribution >= 4 is 11.8 Å². The van der Waals surface area contributed by atoms with Crippen LogP contribution in [0.2, 0.25) is 0 Å². The second kappa shape index (κ2) is 4.88. The van der Waals surface area contributed by atoms with Crippen molar-refractivity contribution in [3.05, 3.63) is 29.1 Å². The van der Waals surface area contributed by atoms with Crippen LogP contribution < -0.4 is 5.32 Å². The first-order valence-corrected chi connectivity index (χ1v) is 6.30. The standard InChI is InChI=1S/C14H18N2O2/c1-8(2)10-4-6-12(15-9(10)3)11-5-7-13(17)16-14(11)18/h4,6,8,11H,5,7H2,1-3H3,(H,16,17,18). The highest BCUT2D eigenvalue weighted by Crippen LogP contribution is 2.26. The summed E-state index contributed by atoms with van der Waals surface area (Å²) in [6, 6.07) is 3.94. The first kappa shape index (κ1) is 12.7. The molecule has 1 aromatic rings. The highest BCUT2D eigenvalue weighted by molar-refractivity contribution is 6.00. The molecule has 1 fully saturated rings. The van der Waals surface area contributed by atoms with Crippen LogP contribution in [-0.2, 0) is 9.59 Å². The van der Waals surface area contributed by atoms with Crippen LogP contribution in [-0.4, -0.2) is 16.8 Å². The van der Waals surface area contributed by atoms with E-state index in [1.54, 1.807) is 0 Å². The number of piperidine rings is 1. The van der Waals surface area contributed by atoms with E-state index in [-0.39, 0.29) is 17.7 Å². The van der Waals surface area contributed by atoms with E-state index in [4.69, 9.17) is 0 Å². The summed E-state index contributed by atoms with van der Waals surface area (Å²) >= 11 is 0. The van der Waals surface area contributed by atoms with Gasteiger partial charge in [0.25, 0.3) is 0 Å². The highest BCUT2D eigenvalue weighted by Gasteiger charge is 2.29. The number of amides is 2. The van der Waals surface area contributed by atoms with Gasteiger partial charge in [-0.05, 0) is 30.9 Å². The Morgan fingerprint density at radius 3 is 2.61 bits per heavy atom. The Hall–Kier alpha value is -1.71. The Morgan fingerprint density at radius 2 is 2.06 bits per heavy atom. The molecule has 0 spiro atoms. The van der Waals surface area contributed by atoms with Gasteiger partial charge in [0.1, 0.15) is 0 Å². The molecule has 1 aliphatic rings. The molecule has 1 aliphatic heterocycles. The van der Waals surface area contributed by atoms with Crippen LogP contribution in [0.3, 0.4) is 0 Å².